The molecule has 0 amide bonds. The summed E-state index contributed by atoms with van der Waals surface area (Å²) in [7, 11) is -1.79. The van der Waals surface area contributed by atoms with E-state index in [0.717, 1.165) is 0 Å². The van der Waals surface area contributed by atoms with Gasteiger partial charge in [-0.2, -0.15) is 4.73 Å². The second kappa shape index (κ2) is 7.35. The lowest BCUT2D eigenvalue weighted by molar-refractivity contribution is -0.630. The van der Waals surface area contributed by atoms with Gasteiger partial charge in [0.05, 0.1) is 30.3 Å². The van der Waals surface area contributed by atoms with Crippen LogP contribution in [0.4, 0.5) is 5.95 Å². The van der Waals surface area contributed by atoms with Gasteiger partial charge in [0.2, 0.25) is 17.3 Å². The van der Waals surface area contributed by atoms with E-state index in [1.165, 1.54) is 10.7 Å². The molecule has 3 aromatic heterocycles. The van der Waals surface area contributed by atoms with E-state index >= 15 is 0 Å². The van der Waals surface area contributed by atoms with Gasteiger partial charge in [0.25, 0.3) is 0 Å². The van der Waals surface area contributed by atoms with Crippen LogP contribution in [-0.2, 0) is 22.0 Å². The Morgan fingerprint density at radius 3 is 2.79 bits per heavy atom. The zero-order chi connectivity index (χ0) is 23.4. The first-order valence-corrected chi connectivity index (χ1v) is 11.7. The zero-order valence-electron chi connectivity index (χ0n) is 17.4. The van der Waals surface area contributed by atoms with Crippen molar-refractivity contribution in [2.45, 2.75) is 12.1 Å². The van der Waals surface area contributed by atoms with Gasteiger partial charge in [-0.05, 0) is 18.2 Å². The number of aliphatic hydroxyl groups is 1. The summed E-state index contributed by atoms with van der Waals surface area (Å²) in [6.45, 7) is 0.0412. The second-order valence-corrected chi connectivity index (χ2v) is 9.94. The minimum Gasteiger partial charge on any atom is -0.618 e. The molecule has 1 saturated heterocycles. The summed E-state index contributed by atoms with van der Waals surface area (Å²) >= 11 is 0. The van der Waals surface area contributed by atoms with Crippen LogP contribution in [0.25, 0.3) is 22.3 Å². The van der Waals surface area contributed by atoms with Crippen LogP contribution < -0.4 is 15.2 Å². The number of aromatic nitrogens is 6. The molecule has 1 aromatic carbocycles. The van der Waals surface area contributed by atoms with Crippen molar-refractivity contribution in [1.29, 1.82) is 0 Å². The average molecular weight is 469 g/mol. The van der Waals surface area contributed by atoms with Crippen molar-refractivity contribution in [3.05, 3.63) is 59.2 Å². The van der Waals surface area contributed by atoms with Gasteiger partial charge < -0.3 is 20.8 Å². The molecule has 12 nitrogen and oxygen atoms in total. The highest BCUT2D eigenvalue weighted by Crippen LogP contribution is 2.32. The molecule has 33 heavy (non-hydrogen) atoms. The fourth-order valence-corrected chi connectivity index (χ4v) is 5.60. The third-order valence-corrected chi connectivity index (χ3v) is 7.28. The summed E-state index contributed by atoms with van der Waals surface area (Å²) < 4.78 is 30.3. The van der Waals surface area contributed by atoms with Crippen LogP contribution in [0.15, 0.2) is 42.6 Å². The highest BCUT2D eigenvalue weighted by Gasteiger charge is 2.53. The molecule has 4 heterocycles. The molecule has 1 aliphatic rings. The van der Waals surface area contributed by atoms with Crippen molar-refractivity contribution in [3.8, 4) is 17.1 Å². The number of ether oxygens (including phenoxy) is 1. The Balaban J connectivity index is 1.47. The van der Waals surface area contributed by atoms with Crippen molar-refractivity contribution < 1.29 is 23.0 Å². The summed E-state index contributed by atoms with van der Waals surface area (Å²) in [5, 5.41) is 32.3. The first-order chi connectivity index (χ1) is 15.7. The lowest BCUT2D eigenvalue weighted by Gasteiger charge is -2.33. The van der Waals surface area contributed by atoms with E-state index in [9.17, 15) is 18.7 Å². The smallest absolute Gasteiger partial charge is 0.226 e. The van der Waals surface area contributed by atoms with Crippen LogP contribution in [0.3, 0.4) is 0 Å². The number of pyridine rings is 1. The number of nitrogens with two attached hydrogens (primary N) is 1. The van der Waals surface area contributed by atoms with Gasteiger partial charge in [0, 0.05) is 23.6 Å². The number of sulfone groups is 1. The van der Waals surface area contributed by atoms with E-state index in [1.54, 1.807) is 43.6 Å². The number of hydrogen-bond acceptors (Lipinski definition) is 10. The van der Waals surface area contributed by atoms with Gasteiger partial charge in [-0.1, -0.05) is 5.21 Å². The second-order valence-electron chi connectivity index (χ2n) is 7.88. The first-order valence-electron chi connectivity index (χ1n) is 9.84. The Morgan fingerprint density at radius 1 is 1.27 bits per heavy atom. The van der Waals surface area contributed by atoms with E-state index in [2.05, 4.69) is 20.3 Å². The molecule has 0 bridgehead atoms. The van der Waals surface area contributed by atoms with E-state index in [0.29, 0.717) is 32.8 Å². The summed E-state index contributed by atoms with van der Waals surface area (Å²) in [6.07, 6.45) is 1.61. The van der Waals surface area contributed by atoms with E-state index in [4.69, 9.17) is 10.5 Å². The Hall–Kier alpha value is -3.84. The molecule has 0 atom stereocenters. The largest absolute Gasteiger partial charge is 0.618 e. The number of anilines is 1. The first kappa shape index (κ1) is 21.0. The molecule has 0 radical (unpaired) electrons. The molecule has 5 rings (SSSR count). The SMILES string of the molecule is COc1ccc2c(-c3cn(Cc4cccc(C5(O)CS(=O)(=O)C5)[n+]4[O-])nn3)nc(N)nc2c1. The third-order valence-electron chi connectivity index (χ3n) is 5.44. The third kappa shape index (κ3) is 3.70. The van der Waals surface area contributed by atoms with E-state index in [1.807, 2.05) is 0 Å². The summed E-state index contributed by atoms with van der Waals surface area (Å²) in [5.41, 5.74) is 5.91. The predicted octanol–water partition coefficient (Wildman–Crippen LogP) is -0.223. The molecular formula is C20H19N7O5S. The van der Waals surface area contributed by atoms with Crippen molar-refractivity contribution in [1.82, 2.24) is 25.0 Å². The van der Waals surface area contributed by atoms with E-state index in [-0.39, 0.29) is 23.9 Å². The monoisotopic (exact) mass is 469 g/mol. The molecule has 3 N–H and O–H groups in total. The summed E-state index contributed by atoms with van der Waals surface area (Å²) in [6, 6.07) is 9.88. The van der Waals surface area contributed by atoms with Crippen molar-refractivity contribution >= 4 is 26.7 Å². The predicted molar refractivity (Wildman–Crippen MR) is 117 cm³/mol. The number of methoxy groups -OCH3 is 1. The molecule has 4 aromatic rings. The fraction of sp³-hybridized carbons (Fsp3) is 0.250. The Labute approximate surface area is 187 Å². The Kier molecular flexibility index (Phi) is 4.68. The molecule has 0 saturated carbocycles. The minimum atomic E-state index is -3.34. The molecule has 0 spiro atoms. The fourth-order valence-electron chi connectivity index (χ4n) is 3.93. The summed E-state index contributed by atoms with van der Waals surface area (Å²) in [5.74, 6) is -0.275. The Morgan fingerprint density at radius 2 is 2.06 bits per heavy atom. The highest BCUT2D eigenvalue weighted by molar-refractivity contribution is 7.92. The molecule has 1 aliphatic heterocycles. The molecule has 13 heteroatoms. The van der Waals surface area contributed by atoms with Gasteiger partial charge >= 0.3 is 0 Å². The highest BCUT2D eigenvalue weighted by atomic mass is 32.2. The van der Waals surface area contributed by atoms with Gasteiger partial charge in [-0.25, -0.2) is 23.1 Å². The molecule has 1 fully saturated rings. The quantitative estimate of drug-likeness (QED) is 0.294. The number of rotatable bonds is 5. The lowest BCUT2D eigenvalue weighted by Crippen LogP contribution is -2.58. The van der Waals surface area contributed by atoms with Crippen LogP contribution in [-0.4, -0.2) is 57.1 Å². The van der Waals surface area contributed by atoms with Crippen molar-refractivity contribution in [2.24, 2.45) is 0 Å². The van der Waals surface area contributed by atoms with Crippen molar-refractivity contribution in [2.75, 3.05) is 24.3 Å². The average Bonchev–Trinajstić information content (AvgIpc) is 3.21. The van der Waals surface area contributed by atoms with Gasteiger partial charge in [-0.3, -0.25) is 0 Å². The molecule has 170 valence electrons. The molecule has 0 aliphatic carbocycles. The minimum absolute atomic E-state index is 0.0151. The van der Waals surface area contributed by atoms with Gasteiger partial charge in [0.15, 0.2) is 15.4 Å². The number of fused-ring (bicyclic) bond motifs is 1. The maximum atomic E-state index is 12.8. The van der Waals surface area contributed by atoms with Crippen molar-refractivity contribution in [3.63, 3.8) is 0 Å². The number of benzene rings is 1. The maximum Gasteiger partial charge on any atom is 0.226 e. The van der Waals surface area contributed by atoms with Crippen LogP contribution in [0.2, 0.25) is 0 Å². The number of hydrogen-bond donors (Lipinski definition) is 2. The van der Waals surface area contributed by atoms with Crippen LogP contribution in [0.1, 0.15) is 11.4 Å². The lowest BCUT2D eigenvalue weighted by atomic mass is 10.0. The van der Waals surface area contributed by atoms with Crippen LogP contribution >= 0.6 is 0 Å². The normalized spacial score (nSPS) is 16.4. The Bertz CT molecular complexity index is 1490. The summed E-state index contributed by atoms with van der Waals surface area (Å²) in [4.78, 5) is 8.53. The zero-order valence-corrected chi connectivity index (χ0v) is 18.2. The maximum absolute atomic E-state index is 12.8. The number of nitrogen functional groups attached to an aromatic ring is 1. The van der Waals surface area contributed by atoms with E-state index < -0.39 is 26.9 Å². The van der Waals surface area contributed by atoms with Gasteiger partial charge in [0.1, 0.15) is 23.7 Å². The van der Waals surface area contributed by atoms with Gasteiger partial charge in [-0.15, -0.1) is 5.10 Å². The topological polar surface area (TPSA) is 173 Å². The van der Waals surface area contributed by atoms with Crippen LogP contribution in [0.5, 0.6) is 5.75 Å². The standard InChI is InChI=1S/C20H19N7O5S/c1-32-13-5-6-14-15(7-13)22-19(21)23-18(14)16-9-26(25-24-16)8-12-3-2-4-17(27(12)29)20(28)10-33(30,31)11-20/h2-7,9,28H,8,10-11H2,1H3,(H2,21,22,23). The molecular weight excluding hydrogens is 450 g/mol. The van der Waals surface area contributed by atoms with Crippen LogP contribution in [0, 0.1) is 5.21 Å². The number of nitrogens with zero attached hydrogens (tertiary/aromatic N) is 6. The molecule has 0 unspecified atom stereocenters.